The van der Waals surface area contributed by atoms with E-state index >= 15 is 0 Å². The summed E-state index contributed by atoms with van der Waals surface area (Å²) < 4.78 is 5.82. The van der Waals surface area contributed by atoms with Crippen LogP contribution in [0.15, 0.2) is 48.5 Å². The van der Waals surface area contributed by atoms with Crippen molar-refractivity contribution in [1.29, 1.82) is 0 Å². The van der Waals surface area contributed by atoms with Gasteiger partial charge in [-0.15, -0.1) is 0 Å². The maximum atomic E-state index is 12.5. The molecule has 0 aliphatic heterocycles. The molecular weight excluding hydrogens is 286 g/mol. The van der Waals surface area contributed by atoms with E-state index in [0.717, 1.165) is 30.6 Å². The lowest BCUT2D eigenvalue weighted by Crippen LogP contribution is -2.39. The van der Waals surface area contributed by atoms with Gasteiger partial charge in [-0.1, -0.05) is 42.5 Å². The largest absolute Gasteiger partial charge is 0.481 e. The lowest BCUT2D eigenvalue weighted by Gasteiger charge is -2.27. The monoisotopic (exact) mass is 309 g/mol. The van der Waals surface area contributed by atoms with Crippen molar-refractivity contribution in [3.05, 3.63) is 65.2 Å². The van der Waals surface area contributed by atoms with Gasteiger partial charge >= 0.3 is 0 Å². The minimum absolute atomic E-state index is 0.0602. The Morgan fingerprint density at radius 3 is 2.74 bits per heavy atom. The first-order valence-corrected chi connectivity index (χ1v) is 8.25. The molecule has 0 saturated heterocycles. The zero-order chi connectivity index (χ0) is 16.2. The van der Waals surface area contributed by atoms with E-state index in [2.05, 4.69) is 23.5 Å². The Hall–Kier alpha value is -2.29. The summed E-state index contributed by atoms with van der Waals surface area (Å²) in [6.07, 6.45) is 2.68. The van der Waals surface area contributed by atoms with Crippen LogP contribution in [0.25, 0.3) is 0 Å². The number of nitrogens with one attached hydrogen (secondary N) is 1. The molecule has 0 saturated carbocycles. The number of hydrogen-bond acceptors (Lipinski definition) is 2. The van der Waals surface area contributed by atoms with Gasteiger partial charge in [0.05, 0.1) is 6.04 Å². The van der Waals surface area contributed by atoms with E-state index in [4.69, 9.17) is 4.74 Å². The van der Waals surface area contributed by atoms with Crippen LogP contribution in [0.5, 0.6) is 5.75 Å². The van der Waals surface area contributed by atoms with Crippen molar-refractivity contribution in [2.75, 3.05) is 0 Å². The highest BCUT2D eigenvalue weighted by Crippen LogP contribution is 2.29. The zero-order valence-corrected chi connectivity index (χ0v) is 13.7. The Labute approximate surface area is 137 Å². The number of hydrogen-bond donors (Lipinski definition) is 1. The maximum Gasteiger partial charge on any atom is 0.261 e. The van der Waals surface area contributed by atoms with Crippen molar-refractivity contribution in [2.24, 2.45) is 0 Å². The Balaban J connectivity index is 1.67. The summed E-state index contributed by atoms with van der Waals surface area (Å²) >= 11 is 0. The first-order valence-electron chi connectivity index (χ1n) is 8.25. The third kappa shape index (κ3) is 3.55. The molecule has 3 rings (SSSR count). The standard InChI is InChI=1S/C20H23NO2/c1-14-8-3-6-13-19(14)23-15(2)20(22)21-18-12-7-10-16-9-4-5-11-17(16)18/h3-6,8-9,11,13,15,18H,7,10,12H2,1-2H3,(H,21,22)/t15-,18+/m0/s1. The number of benzene rings is 2. The van der Waals surface area contributed by atoms with Crippen molar-refractivity contribution in [1.82, 2.24) is 5.32 Å². The fourth-order valence-corrected chi connectivity index (χ4v) is 3.13. The second kappa shape index (κ2) is 6.86. The number of rotatable bonds is 4. The number of fused-ring (bicyclic) bond motifs is 1. The zero-order valence-electron chi connectivity index (χ0n) is 13.7. The van der Waals surface area contributed by atoms with Crippen molar-refractivity contribution < 1.29 is 9.53 Å². The predicted octanol–water partition coefficient (Wildman–Crippen LogP) is 3.96. The van der Waals surface area contributed by atoms with Gasteiger partial charge in [0.15, 0.2) is 6.10 Å². The number of carbonyl (C=O) groups is 1. The summed E-state index contributed by atoms with van der Waals surface area (Å²) in [6.45, 7) is 3.79. The number of ether oxygens (including phenoxy) is 1. The smallest absolute Gasteiger partial charge is 0.261 e. The van der Waals surface area contributed by atoms with Gasteiger partial charge in [-0.2, -0.15) is 0 Å². The average Bonchev–Trinajstić information content (AvgIpc) is 2.57. The molecule has 0 radical (unpaired) electrons. The molecule has 23 heavy (non-hydrogen) atoms. The van der Waals surface area contributed by atoms with Gasteiger partial charge in [0.1, 0.15) is 5.75 Å². The topological polar surface area (TPSA) is 38.3 Å². The molecule has 0 unspecified atom stereocenters. The van der Waals surface area contributed by atoms with Gasteiger partial charge in [-0.05, 0) is 55.9 Å². The van der Waals surface area contributed by atoms with Gasteiger partial charge < -0.3 is 10.1 Å². The number of amides is 1. The molecule has 2 aromatic carbocycles. The van der Waals surface area contributed by atoms with Crippen molar-refractivity contribution in [3.8, 4) is 5.75 Å². The van der Waals surface area contributed by atoms with Crippen molar-refractivity contribution in [3.63, 3.8) is 0 Å². The van der Waals surface area contributed by atoms with E-state index in [0.29, 0.717) is 0 Å². The van der Waals surface area contributed by atoms with Crippen LogP contribution in [0, 0.1) is 6.92 Å². The molecule has 1 aliphatic rings. The molecule has 120 valence electrons. The Morgan fingerprint density at radius 2 is 1.91 bits per heavy atom. The Morgan fingerprint density at radius 1 is 1.17 bits per heavy atom. The second-order valence-electron chi connectivity index (χ2n) is 6.18. The van der Waals surface area contributed by atoms with E-state index < -0.39 is 6.10 Å². The molecule has 2 aromatic rings. The van der Waals surface area contributed by atoms with Crippen LogP contribution < -0.4 is 10.1 Å². The SMILES string of the molecule is Cc1ccccc1O[C@@H](C)C(=O)N[C@@H]1CCCc2ccccc21. The van der Waals surface area contributed by atoms with Crippen molar-refractivity contribution in [2.45, 2.75) is 45.3 Å². The number of carbonyl (C=O) groups excluding carboxylic acids is 1. The van der Waals surface area contributed by atoms with E-state index in [-0.39, 0.29) is 11.9 Å². The molecule has 1 amide bonds. The summed E-state index contributed by atoms with van der Waals surface area (Å²) in [7, 11) is 0. The highest BCUT2D eigenvalue weighted by atomic mass is 16.5. The first kappa shape index (κ1) is 15.6. The lowest BCUT2D eigenvalue weighted by atomic mass is 9.87. The molecule has 3 heteroatoms. The summed E-state index contributed by atoms with van der Waals surface area (Å²) in [6, 6.07) is 16.2. The quantitative estimate of drug-likeness (QED) is 0.928. The van der Waals surface area contributed by atoms with Gasteiger partial charge in [0.2, 0.25) is 0 Å². The summed E-state index contributed by atoms with van der Waals surface area (Å²) in [5.41, 5.74) is 3.63. The van der Waals surface area contributed by atoms with Crippen molar-refractivity contribution >= 4 is 5.91 Å². The van der Waals surface area contributed by atoms with Crippen LogP contribution in [0.2, 0.25) is 0 Å². The van der Waals surface area contributed by atoms with E-state index in [1.54, 1.807) is 6.92 Å². The van der Waals surface area contributed by atoms with E-state index in [1.807, 2.05) is 37.3 Å². The minimum atomic E-state index is -0.509. The van der Waals surface area contributed by atoms with Gasteiger partial charge in [-0.3, -0.25) is 4.79 Å². The molecule has 1 aliphatic carbocycles. The molecule has 1 N–H and O–H groups in total. The molecule has 0 bridgehead atoms. The maximum absolute atomic E-state index is 12.5. The summed E-state index contributed by atoms with van der Waals surface area (Å²) in [4.78, 5) is 12.5. The molecule has 0 heterocycles. The average molecular weight is 309 g/mol. The Kier molecular flexibility index (Phi) is 4.65. The van der Waals surface area contributed by atoms with Gasteiger partial charge in [0.25, 0.3) is 5.91 Å². The number of aryl methyl sites for hydroxylation is 2. The van der Waals surface area contributed by atoms with Crippen LogP contribution in [-0.4, -0.2) is 12.0 Å². The number of para-hydroxylation sites is 1. The third-order valence-corrected chi connectivity index (χ3v) is 4.45. The molecule has 3 nitrogen and oxygen atoms in total. The molecule has 0 aromatic heterocycles. The fraction of sp³-hybridized carbons (Fsp3) is 0.350. The first-order chi connectivity index (χ1) is 11.1. The van der Waals surface area contributed by atoms with E-state index in [9.17, 15) is 4.79 Å². The van der Waals surface area contributed by atoms with Crippen LogP contribution in [0.4, 0.5) is 0 Å². The Bertz CT molecular complexity index is 696. The van der Waals surface area contributed by atoms with E-state index in [1.165, 1.54) is 11.1 Å². The molecule has 2 atom stereocenters. The molecule has 0 spiro atoms. The molecular formula is C20H23NO2. The summed E-state index contributed by atoms with van der Waals surface area (Å²) in [5.74, 6) is 0.703. The third-order valence-electron chi connectivity index (χ3n) is 4.45. The van der Waals surface area contributed by atoms with Gasteiger partial charge in [0, 0.05) is 0 Å². The predicted molar refractivity (Wildman–Crippen MR) is 91.5 cm³/mol. The highest BCUT2D eigenvalue weighted by molar-refractivity contribution is 5.81. The van der Waals surface area contributed by atoms with Gasteiger partial charge in [-0.25, -0.2) is 0 Å². The van der Waals surface area contributed by atoms with Crippen LogP contribution >= 0.6 is 0 Å². The second-order valence-corrected chi connectivity index (χ2v) is 6.18. The van der Waals surface area contributed by atoms with Crippen LogP contribution in [0.1, 0.15) is 42.5 Å². The van der Waals surface area contributed by atoms with Crippen LogP contribution in [0.3, 0.4) is 0 Å². The lowest BCUT2D eigenvalue weighted by molar-refractivity contribution is -0.128. The minimum Gasteiger partial charge on any atom is -0.481 e. The highest BCUT2D eigenvalue weighted by Gasteiger charge is 2.24. The fourth-order valence-electron chi connectivity index (χ4n) is 3.13. The molecule has 0 fully saturated rings. The normalized spacial score (nSPS) is 17.9. The van der Waals surface area contributed by atoms with Crippen LogP contribution in [-0.2, 0) is 11.2 Å². The summed E-state index contributed by atoms with van der Waals surface area (Å²) in [5, 5.41) is 3.15.